The van der Waals surface area contributed by atoms with E-state index in [-0.39, 0.29) is 5.69 Å². The van der Waals surface area contributed by atoms with E-state index in [1.54, 1.807) is 13.2 Å². The van der Waals surface area contributed by atoms with Crippen LogP contribution < -0.4 is 16.2 Å². The van der Waals surface area contributed by atoms with Crippen molar-refractivity contribution in [2.24, 2.45) is 0 Å². The Balaban J connectivity index is 1.88. The number of anilines is 1. The van der Waals surface area contributed by atoms with Gasteiger partial charge in [0, 0.05) is 11.9 Å². The molecular formula is C17H17N3O2. The van der Waals surface area contributed by atoms with Crippen molar-refractivity contribution in [3.05, 3.63) is 64.6 Å². The number of nitrogens with zero attached hydrogens (tertiary/aromatic N) is 2. The summed E-state index contributed by atoms with van der Waals surface area (Å²) in [7, 11) is 1.63. The zero-order valence-electron chi connectivity index (χ0n) is 12.3. The third-order valence-corrected chi connectivity index (χ3v) is 3.70. The zero-order chi connectivity index (χ0) is 15.5. The maximum atomic E-state index is 12.1. The number of nitrogens with two attached hydrogens (primary N) is 1. The molecule has 5 heteroatoms. The summed E-state index contributed by atoms with van der Waals surface area (Å²) in [4.78, 5) is 16.2. The van der Waals surface area contributed by atoms with Gasteiger partial charge in [-0.3, -0.25) is 4.57 Å². The van der Waals surface area contributed by atoms with E-state index in [0.29, 0.717) is 24.3 Å². The first-order valence-electron chi connectivity index (χ1n) is 7.07. The molecule has 2 N–H and O–H groups in total. The summed E-state index contributed by atoms with van der Waals surface area (Å²) >= 11 is 0. The van der Waals surface area contributed by atoms with Crippen molar-refractivity contribution in [1.82, 2.24) is 9.55 Å². The number of fused-ring (bicyclic) bond motifs is 1. The summed E-state index contributed by atoms with van der Waals surface area (Å²) < 4.78 is 6.65. The van der Waals surface area contributed by atoms with Gasteiger partial charge in [0.25, 0.3) is 0 Å². The Bertz CT molecular complexity index is 854. The number of para-hydroxylation sites is 1. The van der Waals surface area contributed by atoms with Crippen molar-refractivity contribution in [3.63, 3.8) is 0 Å². The summed E-state index contributed by atoms with van der Waals surface area (Å²) in [6.07, 6.45) is 0.703. The number of rotatable bonds is 4. The molecule has 0 aliphatic heterocycles. The first-order valence-corrected chi connectivity index (χ1v) is 7.07. The lowest BCUT2D eigenvalue weighted by Crippen LogP contribution is -2.26. The van der Waals surface area contributed by atoms with Crippen LogP contribution in [0.5, 0.6) is 5.75 Å². The van der Waals surface area contributed by atoms with Gasteiger partial charge in [0.15, 0.2) is 0 Å². The molecule has 0 aliphatic rings. The highest BCUT2D eigenvalue weighted by Gasteiger charge is 2.08. The topological polar surface area (TPSA) is 70.1 Å². The maximum absolute atomic E-state index is 12.1. The fourth-order valence-electron chi connectivity index (χ4n) is 2.45. The Hall–Kier alpha value is -2.82. The van der Waals surface area contributed by atoms with Gasteiger partial charge in [0.2, 0.25) is 0 Å². The fourth-order valence-corrected chi connectivity index (χ4v) is 2.45. The number of benzene rings is 2. The number of ether oxygens (including phenoxy) is 1. The molecule has 0 radical (unpaired) electrons. The van der Waals surface area contributed by atoms with E-state index in [1.807, 2.05) is 42.5 Å². The van der Waals surface area contributed by atoms with Gasteiger partial charge in [-0.2, -0.15) is 4.98 Å². The third-order valence-electron chi connectivity index (χ3n) is 3.70. The molecule has 0 aliphatic carbocycles. The minimum Gasteiger partial charge on any atom is -0.497 e. The SMILES string of the molecule is COc1ccc(CCn2c(N)c3ccccc3nc2=O)cc1. The molecule has 1 aromatic heterocycles. The Morgan fingerprint density at radius 1 is 1.14 bits per heavy atom. The summed E-state index contributed by atoms with van der Waals surface area (Å²) in [5, 5.41) is 0.803. The molecule has 2 aromatic carbocycles. The summed E-state index contributed by atoms with van der Waals surface area (Å²) in [5.74, 6) is 1.27. The molecule has 3 rings (SSSR count). The molecule has 112 valence electrons. The van der Waals surface area contributed by atoms with E-state index >= 15 is 0 Å². The monoisotopic (exact) mass is 295 g/mol. The highest BCUT2D eigenvalue weighted by molar-refractivity contribution is 5.87. The number of aryl methyl sites for hydroxylation is 1. The predicted octanol–water partition coefficient (Wildman–Crippen LogP) is 2.23. The van der Waals surface area contributed by atoms with E-state index in [0.717, 1.165) is 16.7 Å². The number of hydrogen-bond acceptors (Lipinski definition) is 4. The molecule has 0 spiro atoms. The number of hydrogen-bond donors (Lipinski definition) is 1. The lowest BCUT2D eigenvalue weighted by molar-refractivity contribution is 0.414. The first kappa shape index (κ1) is 14.1. The highest BCUT2D eigenvalue weighted by atomic mass is 16.5. The zero-order valence-corrected chi connectivity index (χ0v) is 12.3. The van der Waals surface area contributed by atoms with Crippen LogP contribution >= 0.6 is 0 Å². The van der Waals surface area contributed by atoms with Gasteiger partial charge in [-0.25, -0.2) is 4.79 Å². The van der Waals surface area contributed by atoms with Crippen LogP contribution in [0.3, 0.4) is 0 Å². The first-order chi connectivity index (χ1) is 10.7. The average Bonchev–Trinajstić information content (AvgIpc) is 2.55. The Morgan fingerprint density at radius 3 is 2.59 bits per heavy atom. The molecule has 0 fully saturated rings. The van der Waals surface area contributed by atoms with Gasteiger partial charge in [-0.05, 0) is 36.2 Å². The molecule has 0 atom stereocenters. The molecule has 3 aromatic rings. The third kappa shape index (κ3) is 2.65. The van der Waals surface area contributed by atoms with Crippen LogP contribution in [0.15, 0.2) is 53.3 Å². The minimum atomic E-state index is -0.315. The molecule has 0 unspecified atom stereocenters. The standard InChI is InChI=1S/C17H17N3O2/c1-22-13-8-6-12(7-9-13)10-11-20-16(18)14-4-2-3-5-15(14)19-17(20)21/h2-9H,10-11,18H2,1H3. The van der Waals surface area contributed by atoms with Gasteiger partial charge < -0.3 is 10.5 Å². The van der Waals surface area contributed by atoms with Crippen molar-refractivity contribution in [2.45, 2.75) is 13.0 Å². The summed E-state index contributed by atoms with van der Waals surface area (Å²) in [5.41, 5.74) is 7.56. The number of methoxy groups -OCH3 is 1. The normalized spacial score (nSPS) is 10.8. The highest BCUT2D eigenvalue weighted by Crippen LogP contribution is 2.17. The maximum Gasteiger partial charge on any atom is 0.349 e. The molecule has 0 saturated carbocycles. The van der Waals surface area contributed by atoms with Crippen molar-refractivity contribution in [3.8, 4) is 5.75 Å². The average molecular weight is 295 g/mol. The van der Waals surface area contributed by atoms with Crippen LogP contribution in [0.2, 0.25) is 0 Å². The largest absolute Gasteiger partial charge is 0.497 e. The van der Waals surface area contributed by atoms with Crippen LogP contribution in [-0.2, 0) is 13.0 Å². The van der Waals surface area contributed by atoms with Crippen LogP contribution in [0, 0.1) is 0 Å². The Labute approximate surface area is 128 Å². The minimum absolute atomic E-state index is 0.315. The Morgan fingerprint density at radius 2 is 1.86 bits per heavy atom. The van der Waals surface area contributed by atoms with Crippen LogP contribution in [0.25, 0.3) is 10.9 Å². The van der Waals surface area contributed by atoms with E-state index in [1.165, 1.54) is 4.57 Å². The van der Waals surface area contributed by atoms with Gasteiger partial charge in [0.05, 0.1) is 12.6 Å². The van der Waals surface area contributed by atoms with Crippen molar-refractivity contribution in [2.75, 3.05) is 12.8 Å². The van der Waals surface area contributed by atoms with Crippen molar-refractivity contribution < 1.29 is 4.74 Å². The molecule has 0 amide bonds. The van der Waals surface area contributed by atoms with Gasteiger partial charge in [-0.1, -0.05) is 24.3 Å². The van der Waals surface area contributed by atoms with Crippen LogP contribution in [0.1, 0.15) is 5.56 Å². The number of aromatic nitrogens is 2. The van der Waals surface area contributed by atoms with Gasteiger partial charge >= 0.3 is 5.69 Å². The summed E-state index contributed by atoms with van der Waals surface area (Å²) in [6, 6.07) is 15.2. The smallest absolute Gasteiger partial charge is 0.349 e. The fraction of sp³-hybridized carbons (Fsp3) is 0.176. The predicted molar refractivity (Wildman–Crippen MR) is 87.1 cm³/mol. The second-order valence-corrected chi connectivity index (χ2v) is 5.05. The van der Waals surface area contributed by atoms with Crippen molar-refractivity contribution in [1.29, 1.82) is 0 Å². The van der Waals surface area contributed by atoms with Crippen LogP contribution in [0.4, 0.5) is 5.82 Å². The number of nitrogen functional groups attached to an aromatic ring is 1. The second kappa shape index (κ2) is 5.89. The van der Waals surface area contributed by atoms with E-state index in [2.05, 4.69) is 4.98 Å². The van der Waals surface area contributed by atoms with Gasteiger partial charge in [-0.15, -0.1) is 0 Å². The van der Waals surface area contributed by atoms with E-state index in [4.69, 9.17) is 10.5 Å². The molecule has 1 heterocycles. The Kier molecular flexibility index (Phi) is 3.78. The molecule has 5 nitrogen and oxygen atoms in total. The molecule has 0 saturated heterocycles. The second-order valence-electron chi connectivity index (χ2n) is 5.05. The summed E-state index contributed by atoms with van der Waals surface area (Å²) in [6.45, 7) is 0.495. The lowest BCUT2D eigenvalue weighted by Gasteiger charge is -2.11. The quantitative estimate of drug-likeness (QED) is 0.801. The lowest BCUT2D eigenvalue weighted by atomic mass is 10.1. The molecule has 0 bridgehead atoms. The van der Waals surface area contributed by atoms with Gasteiger partial charge in [0.1, 0.15) is 11.6 Å². The van der Waals surface area contributed by atoms with E-state index < -0.39 is 0 Å². The van der Waals surface area contributed by atoms with Crippen LogP contribution in [-0.4, -0.2) is 16.7 Å². The molecular weight excluding hydrogens is 278 g/mol. The molecule has 22 heavy (non-hydrogen) atoms. The van der Waals surface area contributed by atoms with E-state index in [9.17, 15) is 4.79 Å². The van der Waals surface area contributed by atoms with Crippen molar-refractivity contribution >= 4 is 16.7 Å².